The van der Waals surface area contributed by atoms with Gasteiger partial charge in [0.15, 0.2) is 23.2 Å². The zero-order chi connectivity index (χ0) is 23.3. The molecule has 0 aliphatic rings. The minimum absolute atomic E-state index is 0.0894. The molecule has 0 aliphatic heterocycles. The molecule has 0 amide bonds. The molecule has 3 aromatic rings. The molecule has 0 N–H and O–H groups in total. The lowest BCUT2D eigenvalue weighted by Crippen LogP contribution is -2.13. The number of thiazole rings is 1. The molecule has 0 spiro atoms. The molecule has 0 fully saturated rings. The smallest absolute Gasteiger partial charge is 0.387 e. The Bertz CT molecular complexity index is 1140. The molecular weight excluding hydrogens is 442 g/mol. The van der Waals surface area contributed by atoms with E-state index in [-0.39, 0.29) is 17.3 Å². The number of hydrogen-bond acceptors (Lipinski definition) is 7. The number of carbonyl (C=O) groups is 2. The molecular formula is C22H20F2N2O5S. The second-order valence-electron chi connectivity index (χ2n) is 6.59. The predicted molar refractivity (Wildman–Crippen MR) is 115 cm³/mol. The van der Waals surface area contributed by atoms with Crippen LogP contribution in [0.15, 0.2) is 41.9 Å². The lowest BCUT2D eigenvalue weighted by Gasteiger charge is -2.10. The number of esters is 1. The van der Waals surface area contributed by atoms with Crippen LogP contribution in [0.4, 0.5) is 8.78 Å². The predicted octanol–water partition coefficient (Wildman–Crippen LogP) is 4.60. The number of ether oxygens (including phenoxy) is 3. The minimum atomic E-state index is -2.98. The van der Waals surface area contributed by atoms with Crippen molar-refractivity contribution >= 4 is 29.2 Å². The molecule has 32 heavy (non-hydrogen) atoms. The van der Waals surface area contributed by atoms with Crippen molar-refractivity contribution in [2.24, 2.45) is 0 Å². The fourth-order valence-corrected chi connectivity index (χ4v) is 3.83. The number of benzene rings is 1. The van der Waals surface area contributed by atoms with Crippen molar-refractivity contribution < 1.29 is 32.6 Å². The monoisotopic (exact) mass is 462 g/mol. The molecule has 0 saturated heterocycles. The van der Waals surface area contributed by atoms with Crippen LogP contribution in [0.2, 0.25) is 0 Å². The van der Waals surface area contributed by atoms with Crippen molar-refractivity contribution in [1.29, 1.82) is 0 Å². The fourth-order valence-electron chi connectivity index (χ4n) is 3.07. The first-order valence-corrected chi connectivity index (χ1v) is 10.3. The molecule has 2 aromatic heterocycles. The Labute approximate surface area is 186 Å². The molecule has 0 unspecified atom stereocenters. The number of aryl methyl sites for hydroxylation is 1. The molecule has 7 nitrogen and oxygen atoms in total. The number of ketones is 1. The van der Waals surface area contributed by atoms with Gasteiger partial charge >= 0.3 is 12.6 Å². The summed E-state index contributed by atoms with van der Waals surface area (Å²) in [7, 11) is 1.31. The van der Waals surface area contributed by atoms with Gasteiger partial charge in [-0.15, -0.1) is 11.3 Å². The second kappa shape index (κ2) is 10.2. The van der Waals surface area contributed by atoms with Crippen molar-refractivity contribution in [3.05, 3.63) is 64.4 Å². The van der Waals surface area contributed by atoms with Crippen molar-refractivity contribution in [2.45, 2.75) is 20.5 Å². The molecule has 0 radical (unpaired) electrons. The first-order valence-electron chi connectivity index (χ1n) is 9.40. The quantitative estimate of drug-likeness (QED) is 0.263. The molecule has 10 heteroatoms. The SMILES string of the molecule is COc1cc(/C=C/C(=O)OCC(=O)c2cc(C)n(-c3nccs3)c2C)ccc1OC(F)F. The van der Waals surface area contributed by atoms with Crippen molar-refractivity contribution in [3.8, 4) is 16.6 Å². The number of hydrogen-bond donors (Lipinski definition) is 0. The van der Waals surface area contributed by atoms with Gasteiger partial charge in [0.25, 0.3) is 0 Å². The van der Waals surface area contributed by atoms with Crippen LogP contribution in [0.1, 0.15) is 27.3 Å². The van der Waals surface area contributed by atoms with E-state index in [2.05, 4.69) is 9.72 Å². The lowest BCUT2D eigenvalue weighted by molar-refractivity contribution is -0.136. The van der Waals surface area contributed by atoms with Crippen LogP contribution in [0, 0.1) is 13.8 Å². The summed E-state index contributed by atoms with van der Waals surface area (Å²) in [5, 5.41) is 2.60. The maximum absolute atomic E-state index is 12.6. The number of Topliss-reactive ketones (excluding diaryl/α,β-unsaturated/α-hetero) is 1. The highest BCUT2D eigenvalue weighted by Gasteiger charge is 2.18. The molecule has 3 rings (SSSR count). The largest absolute Gasteiger partial charge is 0.493 e. The van der Waals surface area contributed by atoms with Crippen LogP contribution in [-0.4, -0.2) is 41.6 Å². The standard InChI is InChI=1S/C22H20F2N2O5S/c1-13-10-16(14(2)26(13)22-25-8-9-32-22)17(27)12-30-20(28)7-5-15-4-6-18(31-21(23)24)19(11-15)29-3/h4-11,21H,12H2,1-3H3/b7-5+. The molecule has 0 saturated carbocycles. The number of methoxy groups -OCH3 is 1. The van der Waals surface area contributed by atoms with Crippen molar-refractivity contribution in [2.75, 3.05) is 13.7 Å². The first kappa shape index (κ1) is 23.1. The van der Waals surface area contributed by atoms with Gasteiger partial charge in [0.2, 0.25) is 5.78 Å². The highest BCUT2D eigenvalue weighted by atomic mass is 32.1. The number of nitrogens with zero attached hydrogens (tertiary/aromatic N) is 2. The van der Waals surface area contributed by atoms with E-state index in [0.29, 0.717) is 16.8 Å². The van der Waals surface area contributed by atoms with Gasteiger partial charge in [-0.25, -0.2) is 9.78 Å². The molecule has 1 aromatic carbocycles. The summed E-state index contributed by atoms with van der Waals surface area (Å²) < 4.78 is 41.1. The van der Waals surface area contributed by atoms with E-state index in [9.17, 15) is 18.4 Å². The molecule has 0 aliphatic carbocycles. The van der Waals surface area contributed by atoms with E-state index < -0.39 is 19.2 Å². The average molecular weight is 462 g/mol. The molecule has 2 heterocycles. The summed E-state index contributed by atoms with van der Waals surface area (Å²) in [4.78, 5) is 28.9. The Morgan fingerprint density at radius 2 is 2.00 bits per heavy atom. The zero-order valence-corrected chi connectivity index (χ0v) is 18.3. The maximum Gasteiger partial charge on any atom is 0.387 e. The lowest BCUT2D eigenvalue weighted by atomic mass is 10.1. The van der Waals surface area contributed by atoms with E-state index in [4.69, 9.17) is 9.47 Å². The summed E-state index contributed by atoms with van der Waals surface area (Å²) in [6.07, 6.45) is 4.23. The maximum atomic E-state index is 12.6. The minimum Gasteiger partial charge on any atom is -0.493 e. The van der Waals surface area contributed by atoms with Crippen LogP contribution in [0.25, 0.3) is 11.2 Å². The third-order valence-corrected chi connectivity index (χ3v) is 5.26. The third kappa shape index (κ3) is 5.38. The zero-order valence-electron chi connectivity index (χ0n) is 17.5. The van der Waals surface area contributed by atoms with Crippen LogP contribution in [0.3, 0.4) is 0 Å². The Morgan fingerprint density at radius 3 is 2.66 bits per heavy atom. The average Bonchev–Trinajstić information content (AvgIpc) is 3.38. The van der Waals surface area contributed by atoms with E-state index in [1.165, 1.54) is 42.7 Å². The van der Waals surface area contributed by atoms with Crippen LogP contribution in [0.5, 0.6) is 11.5 Å². The Balaban J connectivity index is 1.62. The van der Waals surface area contributed by atoms with E-state index >= 15 is 0 Å². The highest BCUT2D eigenvalue weighted by Crippen LogP contribution is 2.30. The molecule has 0 atom stereocenters. The van der Waals surface area contributed by atoms with Gasteiger partial charge in [0.05, 0.1) is 7.11 Å². The number of rotatable bonds is 9. The van der Waals surface area contributed by atoms with E-state index in [1.807, 2.05) is 16.9 Å². The summed E-state index contributed by atoms with van der Waals surface area (Å²) >= 11 is 1.45. The Hall–Kier alpha value is -3.53. The molecule has 0 bridgehead atoms. The highest BCUT2D eigenvalue weighted by molar-refractivity contribution is 7.12. The summed E-state index contributed by atoms with van der Waals surface area (Å²) in [6, 6.07) is 5.94. The first-order chi connectivity index (χ1) is 15.3. The van der Waals surface area contributed by atoms with Crippen LogP contribution >= 0.6 is 11.3 Å². The number of aromatic nitrogens is 2. The van der Waals surface area contributed by atoms with Crippen molar-refractivity contribution in [1.82, 2.24) is 9.55 Å². The number of carbonyl (C=O) groups excluding carboxylic acids is 2. The topological polar surface area (TPSA) is 79.7 Å². The van der Waals surface area contributed by atoms with Gasteiger partial charge in [-0.2, -0.15) is 8.78 Å². The van der Waals surface area contributed by atoms with Gasteiger partial charge in [-0.3, -0.25) is 9.36 Å². The van der Waals surface area contributed by atoms with Gasteiger partial charge in [-0.05, 0) is 43.7 Å². The molecule has 168 valence electrons. The second-order valence-corrected chi connectivity index (χ2v) is 7.46. The van der Waals surface area contributed by atoms with E-state index in [1.54, 1.807) is 19.2 Å². The summed E-state index contributed by atoms with van der Waals surface area (Å²) in [5.41, 5.74) is 2.51. The van der Waals surface area contributed by atoms with Crippen molar-refractivity contribution in [3.63, 3.8) is 0 Å². The van der Waals surface area contributed by atoms with Gasteiger partial charge in [-0.1, -0.05) is 6.07 Å². The van der Waals surface area contributed by atoms with Gasteiger partial charge in [0.1, 0.15) is 0 Å². The van der Waals surface area contributed by atoms with E-state index in [0.717, 1.165) is 16.9 Å². The Kier molecular flexibility index (Phi) is 7.37. The third-order valence-electron chi connectivity index (χ3n) is 4.50. The Morgan fingerprint density at radius 1 is 1.22 bits per heavy atom. The van der Waals surface area contributed by atoms with Gasteiger partial charge in [0, 0.05) is 34.6 Å². The fraction of sp³-hybridized carbons (Fsp3) is 0.227. The number of halogens is 2. The van der Waals surface area contributed by atoms with Crippen LogP contribution in [-0.2, 0) is 9.53 Å². The summed E-state index contributed by atoms with van der Waals surface area (Å²) in [5.74, 6) is -1.09. The summed E-state index contributed by atoms with van der Waals surface area (Å²) in [6.45, 7) is 0.267. The number of alkyl halides is 2. The van der Waals surface area contributed by atoms with Crippen LogP contribution < -0.4 is 9.47 Å². The normalized spacial score (nSPS) is 11.2. The van der Waals surface area contributed by atoms with Gasteiger partial charge < -0.3 is 14.2 Å².